The summed E-state index contributed by atoms with van der Waals surface area (Å²) in [5, 5.41) is 3.11. The van der Waals surface area contributed by atoms with E-state index >= 15 is 0 Å². The number of pyridine rings is 1. The van der Waals surface area contributed by atoms with E-state index in [2.05, 4.69) is 6.07 Å². The molecule has 0 aliphatic carbocycles. The average Bonchev–Trinajstić information content (AvgIpc) is 2.57. The largest absolute Gasteiger partial charge is 0.496 e. The number of rotatable bonds is 1. The molecule has 1 aromatic heterocycles. The van der Waals surface area contributed by atoms with E-state index in [1.165, 1.54) is 0 Å². The number of ether oxygens (including phenoxy) is 1. The Kier molecular flexibility index (Phi) is 2.71. The van der Waals surface area contributed by atoms with Gasteiger partial charge < -0.3 is 9.64 Å². The Labute approximate surface area is 134 Å². The van der Waals surface area contributed by atoms with Gasteiger partial charge in [-0.1, -0.05) is 18.2 Å². The normalized spacial score (nSPS) is 16.2. The summed E-state index contributed by atoms with van der Waals surface area (Å²) < 4.78 is 5.55. The Bertz CT molecular complexity index is 976. The van der Waals surface area contributed by atoms with Crippen LogP contribution >= 0.6 is 0 Å². The predicted molar refractivity (Wildman–Crippen MR) is 92.2 cm³/mol. The van der Waals surface area contributed by atoms with Crippen molar-refractivity contribution in [1.29, 1.82) is 0 Å². The molecule has 0 unspecified atom stereocenters. The van der Waals surface area contributed by atoms with Crippen molar-refractivity contribution in [3.63, 3.8) is 0 Å². The summed E-state index contributed by atoms with van der Waals surface area (Å²) in [7, 11) is 3.50. The van der Waals surface area contributed by atoms with Crippen LogP contribution in [0.4, 0.5) is 5.69 Å². The molecule has 4 heteroatoms. The van der Waals surface area contributed by atoms with E-state index in [1.807, 2.05) is 51.2 Å². The van der Waals surface area contributed by atoms with Crippen molar-refractivity contribution in [2.24, 2.45) is 0 Å². The van der Waals surface area contributed by atoms with Crippen LogP contribution in [0.5, 0.6) is 5.75 Å². The third-order valence-electron chi connectivity index (χ3n) is 4.80. The van der Waals surface area contributed by atoms with E-state index in [0.717, 1.165) is 38.8 Å². The van der Waals surface area contributed by atoms with Crippen LogP contribution in [-0.2, 0) is 10.2 Å². The van der Waals surface area contributed by atoms with E-state index in [-0.39, 0.29) is 5.91 Å². The summed E-state index contributed by atoms with van der Waals surface area (Å²) >= 11 is 0. The lowest BCUT2D eigenvalue weighted by atomic mass is 9.80. The second-order valence-corrected chi connectivity index (χ2v) is 6.50. The molecule has 0 saturated carbocycles. The first-order valence-corrected chi connectivity index (χ1v) is 7.65. The minimum Gasteiger partial charge on any atom is -0.496 e. The molecule has 116 valence electrons. The molecule has 1 amide bonds. The van der Waals surface area contributed by atoms with Crippen LogP contribution < -0.4 is 9.64 Å². The Hall–Kier alpha value is -2.62. The minimum absolute atomic E-state index is 0.0623. The first kappa shape index (κ1) is 14.0. The molecule has 2 aromatic carbocycles. The molecule has 0 saturated heterocycles. The highest BCUT2D eigenvalue weighted by atomic mass is 16.5. The van der Waals surface area contributed by atoms with E-state index in [9.17, 15) is 4.79 Å². The first-order valence-electron chi connectivity index (χ1n) is 7.65. The van der Waals surface area contributed by atoms with Crippen molar-refractivity contribution in [3.8, 4) is 5.75 Å². The summed E-state index contributed by atoms with van der Waals surface area (Å²) in [6.45, 7) is 3.88. The number of hydrogen-bond acceptors (Lipinski definition) is 3. The Morgan fingerprint density at radius 1 is 1.09 bits per heavy atom. The molecule has 3 aromatic rings. The van der Waals surface area contributed by atoms with E-state index in [1.54, 1.807) is 12.0 Å². The molecule has 0 fully saturated rings. The molecule has 1 aliphatic rings. The molecule has 0 N–H and O–H groups in total. The highest BCUT2D eigenvalue weighted by molar-refractivity contribution is 6.20. The lowest BCUT2D eigenvalue weighted by Crippen LogP contribution is -2.45. The third-order valence-corrected chi connectivity index (χ3v) is 4.80. The smallest absolute Gasteiger partial charge is 0.238 e. The number of carbonyl (C=O) groups excluding carboxylic acids is 1. The summed E-state index contributed by atoms with van der Waals surface area (Å²) in [5.41, 5.74) is 1.95. The number of anilines is 1. The number of nitrogens with zero attached hydrogens (tertiary/aromatic N) is 2. The van der Waals surface area contributed by atoms with Gasteiger partial charge in [0.05, 0.1) is 34.8 Å². The lowest BCUT2D eigenvalue weighted by Gasteiger charge is -2.36. The molecule has 0 bridgehead atoms. The maximum Gasteiger partial charge on any atom is 0.238 e. The number of carbonyl (C=O) groups is 1. The fourth-order valence-electron chi connectivity index (χ4n) is 3.59. The molecule has 0 spiro atoms. The number of likely N-dealkylation sites (N-methyl/N-ethyl adjacent to an activating group) is 1. The first-order chi connectivity index (χ1) is 11.0. The van der Waals surface area contributed by atoms with Crippen LogP contribution in [0.2, 0.25) is 0 Å². The molecule has 0 atom stereocenters. The van der Waals surface area contributed by atoms with E-state index < -0.39 is 5.41 Å². The zero-order valence-electron chi connectivity index (χ0n) is 13.7. The van der Waals surface area contributed by atoms with Gasteiger partial charge in [0.1, 0.15) is 5.75 Å². The van der Waals surface area contributed by atoms with Gasteiger partial charge in [-0.15, -0.1) is 0 Å². The number of benzene rings is 2. The number of hydrogen-bond donors (Lipinski definition) is 0. The summed E-state index contributed by atoms with van der Waals surface area (Å²) in [5.74, 6) is 0.864. The zero-order valence-corrected chi connectivity index (χ0v) is 13.7. The molecule has 4 rings (SSSR count). The standard InChI is InChI=1S/C19H18N2O2/c1-19(2)17-16-11(7-5-9-13(16)21(3)18(19)22)15-12(20-17)8-6-10-14(15)23-4/h5-10H,1-4H3. The van der Waals surface area contributed by atoms with Crippen LogP contribution in [0, 0.1) is 0 Å². The third kappa shape index (κ3) is 1.66. The van der Waals surface area contributed by atoms with E-state index in [4.69, 9.17) is 9.72 Å². The fourth-order valence-corrected chi connectivity index (χ4v) is 3.59. The molecular weight excluding hydrogens is 288 g/mol. The minimum atomic E-state index is -0.654. The van der Waals surface area contributed by atoms with Crippen molar-refractivity contribution in [1.82, 2.24) is 4.98 Å². The zero-order chi connectivity index (χ0) is 16.4. The van der Waals surface area contributed by atoms with Crippen LogP contribution in [-0.4, -0.2) is 25.0 Å². The Morgan fingerprint density at radius 3 is 2.57 bits per heavy atom. The van der Waals surface area contributed by atoms with Gasteiger partial charge >= 0.3 is 0 Å². The highest BCUT2D eigenvalue weighted by Crippen LogP contribution is 2.45. The monoisotopic (exact) mass is 306 g/mol. The van der Waals surface area contributed by atoms with Gasteiger partial charge in [0.15, 0.2) is 0 Å². The van der Waals surface area contributed by atoms with E-state index in [0.29, 0.717) is 0 Å². The van der Waals surface area contributed by atoms with Crippen molar-refractivity contribution < 1.29 is 9.53 Å². The second kappa shape index (κ2) is 4.44. The van der Waals surface area contributed by atoms with Crippen molar-refractivity contribution in [3.05, 3.63) is 42.1 Å². The average molecular weight is 306 g/mol. The van der Waals surface area contributed by atoms with Crippen LogP contribution in [0.25, 0.3) is 21.7 Å². The molecule has 4 nitrogen and oxygen atoms in total. The summed E-state index contributed by atoms with van der Waals surface area (Å²) in [6.07, 6.45) is 0. The Balaban J connectivity index is 2.29. The maximum atomic E-state index is 12.8. The Morgan fingerprint density at radius 2 is 1.83 bits per heavy atom. The number of amides is 1. The summed E-state index contributed by atoms with van der Waals surface area (Å²) in [6, 6.07) is 11.9. The van der Waals surface area contributed by atoms with Crippen molar-refractivity contribution >= 4 is 33.3 Å². The van der Waals surface area contributed by atoms with Gasteiger partial charge in [0, 0.05) is 12.4 Å². The summed E-state index contributed by atoms with van der Waals surface area (Å²) in [4.78, 5) is 19.4. The van der Waals surface area contributed by atoms with Gasteiger partial charge in [-0.2, -0.15) is 0 Å². The van der Waals surface area contributed by atoms with Gasteiger partial charge in [-0.05, 0) is 37.4 Å². The fraction of sp³-hybridized carbons (Fsp3) is 0.263. The topological polar surface area (TPSA) is 42.4 Å². The molecular formula is C19H18N2O2. The van der Waals surface area contributed by atoms with Gasteiger partial charge in [0.25, 0.3) is 0 Å². The van der Waals surface area contributed by atoms with Gasteiger partial charge in [-0.25, -0.2) is 0 Å². The number of aromatic nitrogens is 1. The predicted octanol–water partition coefficient (Wildman–Crippen LogP) is 3.65. The molecule has 1 aliphatic heterocycles. The lowest BCUT2D eigenvalue weighted by molar-refractivity contribution is -0.123. The van der Waals surface area contributed by atoms with Crippen molar-refractivity contribution in [2.75, 3.05) is 19.1 Å². The molecule has 23 heavy (non-hydrogen) atoms. The highest BCUT2D eigenvalue weighted by Gasteiger charge is 2.41. The van der Waals surface area contributed by atoms with Crippen LogP contribution in [0.3, 0.4) is 0 Å². The van der Waals surface area contributed by atoms with Crippen molar-refractivity contribution in [2.45, 2.75) is 19.3 Å². The van der Waals surface area contributed by atoms with Gasteiger partial charge in [0.2, 0.25) is 5.91 Å². The van der Waals surface area contributed by atoms with Crippen LogP contribution in [0.1, 0.15) is 19.5 Å². The SMILES string of the molecule is COc1cccc2nc3c4c(cccc4c12)N(C)C(=O)C3(C)C. The quantitative estimate of drug-likeness (QED) is 0.644. The van der Waals surface area contributed by atoms with Gasteiger partial charge in [-0.3, -0.25) is 9.78 Å². The maximum absolute atomic E-state index is 12.8. The molecule has 0 radical (unpaired) electrons. The molecule has 2 heterocycles. The second-order valence-electron chi connectivity index (χ2n) is 6.50. The van der Waals surface area contributed by atoms with Crippen LogP contribution in [0.15, 0.2) is 36.4 Å². The number of fused-ring (bicyclic) bond motifs is 2. The number of methoxy groups -OCH3 is 1.